The van der Waals surface area contributed by atoms with E-state index in [4.69, 9.17) is 0 Å². The van der Waals surface area contributed by atoms with Crippen molar-refractivity contribution >= 4 is 35.3 Å². The lowest BCUT2D eigenvalue weighted by molar-refractivity contribution is -0.145. The quantitative estimate of drug-likeness (QED) is 0.177. The van der Waals surface area contributed by atoms with Gasteiger partial charge < -0.3 is 26.2 Å². The molecule has 11 nitrogen and oxygen atoms in total. The van der Waals surface area contributed by atoms with Crippen LogP contribution in [0.2, 0.25) is 0 Å². The second-order valence-electron chi connectivity index (χ2n) is 14.4. The highest BCUT2D eigenvalue weighted by Gasteiger charge is 2.70. The molecule has 0 radical (unpaired) electrons. The number of hydrogen-bond donors (Lipinski definition) is 4. The Kier molecular flexibility index (Phi) is 10.5. The van der Waals surface area contributed by atoms with E-state index < -0.39 is 59.1 Å². The Bertz CT molecular complexity index is 1140. The van der Waals surface area contributed by atoms with Gasteiger partial charge >= 0.3 is 6.03 Å². The molecule has 240 valence electrons. The lowest BCUT2D eigenvalue weighted by Gasteiger charge is -2.38. The Labute approximate surface area is 255 Å². The Morgan fingerprint density at radius 2 is 1.65 bits per heavy atom. The number of nitrogens with zero attached hydrogens (tertiary/aromatic N) is 1. The molecule has 1 heterocycles. The highest BCUT2D eigenvalue weighted by Crippen LogP contribution is 2.65. The van der Waals surface area contributed by atoms with Gasteiger partial charge in [-0.25, -0.2) is 4.79 Å². The molecule has 5 amide bonds. The van der Waals surface area contributed by atoms with E-state index in [1.807, 2.05) is 41.5 Å². The predicted molar refractivity (Wildman–Crippen MR) is 163 cm³/mol. The minimum absolute atomic E-state index is 0.0109. The second-order valence-corrected chi connectivity index (χ2v) is 14.4. The molecule has 3 aliphatic rings. The number of hydrogen-bond acceptors (Lipinski definition) is 6. The summed E-state index contributed by atoms with van der Waals surface area (Å²) < 4.78 is 0. The summed E-state index contributed by atoms with van der Waals surface area (Å²) >= 11 is 0. The summed E-state index contributed by atoms with van der Waals surface area (Å²) in [5, 5.41) is 10.9. The van der Waals surface area contributed by atoms with E-state index in [0.717, 1.165) is 12.8 Å². The van der Waals surface area contributed by atoms with Crippen LogP contribution in [0.5, 0.6) is 0 Å². The number of urea groups is 1. The molecule has 6 atom stereocenters. The maximum absolute atomic E-state index is 14.2. The summed E-state index contributed by atoms with van der Waals surface area (Å²) in [4.78, 5) is 80.8. The van der Waals surface area contributed by atoms with Gasteiger partial charge in [0.1, 0.15) is 12.1 Å². The van der Waals surface area contributed by atoms with Gasteiger partial charge in [0.15, 0.2) is 5.78 Å². The molecule has 0 aromatic carbocycles. The Morgan fingerprint density at radius 1 is 1.02 bits per heavy atom. The Hall–Kier alpha value is -3.24. The first-order valence-corrected chi connectivity index (χ1v) is 15.6. The van der Waals surface area contributed by atoms with Crippen molar-refractivity contribution in [2.75, 3.05) is 13.1 Å². The van der Waals surface area contributed by atoms with Crippen molar-refractivity contribution in [2.45, 2.75) is 105 Å². The molecule has 1 saturated heterocycles. The summed E-state index contributed by atoms with van der Waals surface area (Å²) in [5.74, 6) is -2.60. The molecule has 1 aliphatic heterocycles. The molecular weight excluding hydrogens is 550 g/mol. The first-order chi connectivity index (χ1) is 20.0. The zero-order chi connectivity index (χ0) is 32.4. The number of amides is 5. The lowest BCUT2D eigenvalue weighted by Crippen LogP contribution is -2.62. The number of ketones is 2. The minimum Gasteiger partial charge on any atom is -0.346 e. The maximum Gasteiger partial charge on any atom is 0.316 e. The smallest absolute Gasteiger partial charge is 0.316 e. The van der Waals surface area contributed by atoms with Crippen LogP contribution in [0.25, 0.3) is 0 Å². The average molecular weight is 602 g/mol. The lowest BCUT2D eigenvalue weighted by atomic mass is 9.85. The van der Waals surface area contributed by atoms with Gasteiger partial charge in [-0.3, -0.25) is 24.0 Å². The normalized spacial score (nSPS) is 24.2. The number of carbonyl (C=O) groups excluding carboxylic acids is 6. The van der Waals surface area contributed by atoms with E-state index in [1.54, 1.807) is 0 Å². The first-order valence-electron chi connectivity index (χ1n) is 15.6. The third-order valence-corrected chi connectivity index (χ3v) is 9.23. The van der Waals surface area contributed by atoms with Crippen molar-refractivity contribution in [3.05, 3.63) is 12.7 Å². The van der Waals surface area contributed by atoms with Crippen LogP contribution in [0.15, 0.2) is 12.7 Å². The van der Waals surface area contributed by atoms with Crippen molar-refractivity contribution in [3.8, 4) is 0 Å². The molecule has 4 N–H and O–H groups in total. The zero-order valence-corrected chi connectivity index (χ0v) is 27.0. The minimum atomic E-state index is -1.03. The van der Waals surface area contributed by atoms with Gasteiger partial charge in [0.2, 0.25) is 17.6 Å². The molecule has 1 unspecified atom stereocenters. The molecule has 0 bridgehead atoms. The van der Waals surface area contributed by atoms with Crippen LogP contribution in [-0.4, -0.2) is 77.5 Å². The van der Waals surface area contributed by atoms with Gasteiger partial charge in [0.05, 0.1) is 12.1 Å². The first kappa shape index (κ1) is 34.3. The SMILES string of the molecule is C=CCNC(=O)C(=O)C(CCC)NC(=O)[C@@H]1[C@@H]2[C@H](CN1C(=O)[C@@H](NC(=O)N[C@H](C(=O)C1CC1)C(C)C)C(C)(C)C)C2(C)C. The maximum atomic E-state index is 14.2. The predicted octanol–water partition coefficient (Wildman–Crippen LogP) is 2.34. The molecule has 11 heteroatoms. The largest absolute Gasteiger partial charge is 0.346 e. The summed E-state index contributed by atoms with van der Waals surface area (Å²) in [6.45, 7) is 19.2. The molecule has 2 saturated carbocycles. The molecule has 2 aliphatic carbocycles. The van der Waals surface area contributed by atoms with E-state index in [0.29, 0.717) is 13.0 Å². The van der Waals surface area contributed by atoms with E-state index in [1.165, 1.54) is 11.0 Å². The third-order valence-electron chi connectivity index (χ3n) is 9.23. The topological polar surface area (TPSA) is 154 Å². The van der Waals surface area contributed by atoms with Gasteiger partial charge in [-0.1, -0.05) is 67.9 Å². The number of piperidine rings is 1. The highest BCUT2D eigenvalue weighted by atomic mass is 16.2. The monoisotopic (exact) mass is 601 g/mol. The van der Waals surface area contributed by atoms with Gasteiger partial charge in [0.25, 0.3) is 5.91 Å². The summed E-state index contributed by atoms with van der Waals surface area (Å²) in [6.07, 6.45) is 3.95. The van der Waals surface area contributed by atoms with Crippen LogP contribution < -0.4 is 21.3 Å². The molecule has 0 aromatic heterocycles. The Morgan fingerprint density at radius 3 is 2.16 bits per heavy atom. The van der Waals surface area contributed by atoms with Crippen LogP contribution in [0.3, 0.4) is 0 Å². The summed E-state index contributed by atoms with van der Waals surface area (Å²) in [5.41, 5.74) is -0.893. The summed E-state index contributed by atoms with van der Waals surface area (Å²) in [6, 6.07) is -4.13. The Balaban J connectivity index is 1.80. The number of carbonyl (C=O) groups is 6. The van der Waals surface area contributed by atoms with Crippen LogP contribution in [0.1, 0.15) is 81.1 Å². The van der Waals surface area contributed by atoms with Crippen molar-refractivity contribution in [1.82, 2.24) is 26.2 Å². The van der Waals surface area contributed by atoms with Crippen molar-refractivity contribution in [3.63, 3.8) is 0 Å². The molecule has 3 rings (SSSR count). The van der Waals surface area contributed by atoms with Crippen molar-refractivity contribution < 1.29 is 28.8 Å². The fraction of sp³-hybridized carbons (Fsp3) is 0.750. The number of rotatable bonds is 14. The van der Waals surface area contributed by atoms with Crippen molar-refractivity contribution in [2.24, 2.45) is 34.5 Å². The summed E-state index contributed by atoms with van der Waals surface area (Å²) in [7, 11) is 0. The average Bonchev–Trinajstić information content (AvgIpc) is 3.80. The highest BCUT2D eigenvalue weighted by molar-refractivity contribution is 6.38. The van der Waals surface area contributed by atoms with E-state index >= 15 is 0 Å². The number of fused-ring (bicyclic) bond motifs is 1. The number of Topliss-reactive ketones (excluding diaryl/α,β-unsaturated/α-hetero) is 2. The van der Waals surface area contributed by atoms with Crippen LogP contribution in [-0.2, 0) is 24.0 Å². The molecular formula is C32H51N5O6. The standard InChI is InChI=1S/C32H51N5O6/c1-10-12-20(25(39)28(41)33-15-11-2)34-27(40)23-21-19(32(21,8)9)16-37(23)29(42)26(31(5,6)7)36-30(43)35-22(17(3)4)24(38)18-13-14-18/h11,17-23,26H,2,10,12-16H2,1,3-9H3,(H,33,41)(H,34,40)(H2,35,36,43)/t19-,20?,21-,22-,23-,26+/m0/s1. The fourth-order valence-corrected chi connectivity index (χ4v) is 6.35. The molecule has 3 fully saturated rings. The van der Waals surface area contributed by atoms with Gasteiger partial charge in [0, 0.05) is 19.0 Å². The van der Waals surface area contributed by atoms with Crippen LogP contribution >= 0.6 is 0 Å². The van der Waals surface area contributed by atoms with E-state index in [-0.39, 0.29) is 47.8 Å². The van der Waals surface area contributed by atoms with Crippen LogP contribution in [0.4, 0.5) is 4.79 Å². The third kappa shape index (κ3) is 7.65. The van der Waals surface area contributed by atoms with Gasteiger partial charge in [-0.05, 0) is 47.8 Å². The van der Waals surface area contributed by atoms with E-state index in [9.17, 15) is 28.8 Å². The van der Waals surface area contributed by atoms with Gasteiger partial charge in [-0.15, -0.1) is 6.58 Å². The van der Waals surface area contributed by atoms with Crippen LogP contribution in [0, 0.1) is 34.5 Å². The van der Waals surface area contributed by atoms with Crippen molar-refractivity contribution in [1.29, 1.82) is 0 Å². The van der Waals surface area contributed by atoms with E-state index in [2.05, 4.69) is 41.7 Å². The molecule has 43 heavy (non-hydrogen) atoms. The zero-order valence-electron chi connectivity index (χ0n) is 27.0. The van der Waals surface area contributed by atoms with Gasteiger partial charge in [-0.2, -0.15) is 0 Å². The number of nitrogens with one attached hydrogen (secondary N) is 4. The second kappa shape index (κ2) is 13.2. The molecule has 0 spiro atoms. The molecule has 0 aromatic rings. The fourth-order valence-electron chi connectivity index (χ4n) is 6.35. The number of likely N-dealkylation sites (tertiary alicyclic amines) is 1.